The van der Waals surface area contributed by atoms with Crippen molar-refractivity contribution >= 4 is 28.4 Å². The second-order valence-electron chi connectivity index (χ2n) is 7.45. The number of carbonyl (C=O) groups is 2. The fourth-order valence-electron chi connectivity index (χ4n) is 2.51. The van der Waals surface area contributed by atoms with Crippen molar-refractivity contribution in [3.8, 4) is 5.75 Å². The lowest BCUT2D eigenvalue weighted by Crippen LogP contribution is -2.26. The van der Waals surface area contributed by atoms with E-state index < -0.39 is 5.41 Å². The first-order valence-electron chi connectivity index (χ1n) is 8.81. The van der Waals surface area contributed by atoms with Crippen LogP contribution in [0.1, 0.15) is 26.3 Å². The number of rotatable bonds is 6. The van der Waals surface area contributed by atoms with Crippen LogP contribution in [0.2, 0.25) is 0 Å². The quantitative estimate of drug-likeness (QED) is 0.697. The number of nitrogens with zero attached hydrogens (tertiary/aromatic N) is 1. The fourth-order valence-corrected chi connectivity index (χ4v) is 2.51. The van der Waals surface area contributed by atoms with E-state index in [2.05, 4.69) is 15.5 Å². The molecule has 0 radical (unpaired) electrons. The minimum Gasteiger partial charge on any atom is -0.486 e. The van der Waals surface area contributed by atoms with Gasteiger partial charge in [0.1, 0.15) is 12.4 Å². The summed E-state index contributed by atoms with van der Waals surface area (Å²) in [5.41, 5.74) is 1.23. The van der Waals surface area contributed by atoms with Crippen molar-refractivity contribution in [1.82, 2.24) is 10.2 Å². The minimum atomic E-state index is -0.436. The molecule has 0 aliphatic rings. The zero-order valence-corrected chi connectivity index (χ0v) is 15.7. The average molecular weight is 365 g/mol. The van der Waals surface area contributed by atoms with Gasteiger partial charge >= 0.3 is 0 Å². The largest absolute Gasteiger partial charge is 0.486 e. The summed E-state index contributed by atoms with van der Waals surface area (Å²) < 4.78 is 5.59. The third-order valence-electron chi connectivity index (χ3n) is 4.21. The van der Waals surface area contributed by atoms with Crippen molar-refractivity contribution in [2.24, 2.45) is 5.41 Å². The van der Waals surface area contributed by atoms with Crippen LogP contribution in [0.3, 0.4) is 0 Å². The summed E-state index contributed by atoms with van der Waals surface area (Å²) in [6, 6.07) is 14.9. The molecule has 3 aromatic rings. The van der Waals surface area contributed by atoms with E-state index in [-0.39, 0.29) is 24.7 Å². The Morgan fingerprint density at radius 3 is 2.56 bits per heavy atom. The van der Waals surface area contributed by atoms with Gasteiger partial charge in [0.05, 0.1) is 11.9 Å². The molecule has 6 heteroatoms. The Labute approximate surface area is 157 Å². The molecule has 0 bridgehead atoms. The predicted molar refractivity (Wildman–Crippen MR) is 105 cm³/mol. The molecule has 0 aliphatic carbocycles. The van der Waals surface area contributed by atoms with Crippen molar-refractivity contribution in [1.29, 1.82) is 0 Å². The summed E-state index contributed by atoms with van der Waals surface area (Å²) in [6.45, 7) is 5.60. The smallest absolute Gasteiger partial charge is 0.230 e. The van der Waals surface area contributed by atoms with Crippen LogP contribution in [-0.2, 0) is 16.0 Å². The molecule has 27 heavy (non-hydrogen) atoms. The molecule has 1 amide bonds. The highest BCUT2D eigenvalue weighted by molar-refractivity contribution is 6.00. The monoisotopic (exact) mass is 365 g/mol. The normalized spacial score (nSPS) is 11.4. The van der Waals surface area contributed by atoms with Gasteiger partial charge < -0.3 is 10.1 Å². The average Bonchev–Trinajstić information content (AvgIpc) is 3.01. The third kappa shape index (κ3) is 4.73. The first kappa shape index (κ1) is 18.6. The van der Waals surface area contributed by atoms with Crippen LogP contribution in [0.15, 0.2) is 48.5 Å². The highest BCUT2D eigenvalue weighted by Gasteiger charge is 2.21. The summed E-state index contributed by atoms with van der Waals surface area (Å²) in [6.07, 6.45) is 0.283. The fraction of sp³-hybridized carbons (Fsp3) is 0.286. The molecular formula is C21H23N3O3. The van der Waals surface area contributed by atoms with Gasteiger partial charge in [0.25, 0.3) is 0 Å². The number of hydrogen-bond donors (Lipinski definition) is 2. The molecule has 2 N–H and O–H groups in total. The second kappa shape index (κ2) is 7.61. The van der Waals surface area contributed by atoms with Gasteiger partial charge in [-0.3, -0.25) is 14.7 Å². The second-order valence-corrected chi connectivity index (χ2v) is 7.45. The van der Waals surface area contributed by atoms with Crippen molar-refractivity contribution in [2.45, 2.75) is 27.2 Å². The van der Waals surface area contributed by atoms with Gasteiger partial charge in [-0.05, 0) is 17.7 Å². The Bertz CT molecular complexity index is 956. The van der Waals surface area contributed by atoms with Crippen molar-refractivity contribution < 1.29 is 14.3 Å². The van der Waals surface area contributed by atoms with Crippen LogP contribution in [0.5, 0.6) is 5.75 Å². The number of Topliss-reactive ketones (excluding diaryl/α,β-unsaturated/α-hetero) is 1. The van der Waals surface area contributed by atoms with Crippen LogP contribution in [0, 0.1) is 5.41 Å². The van der Waals surface area contributed by atoms with Crippen molar-refractivity contribution in [3.05, 3.63) is 54.1 Å². The molecule has 2 aromatic carbocycles. The molecule has 1 heterocycles. The summed E-state index contributed by atoms with van der Waals surface area (Å²) in [7, 11) is 0. The number of carbonyl (C=O) groups excluding carboxylic acids is 2. The molecule has 1 aromatic heterocycles. The van der Waals surface area contributed by atoms with E-state index in [9.17, 15) is 9.59 Å². The number of ether oxygens (including phenoxy) is 1. The topological polar surface area (TPSA) is 84.1 Å². The van der Waals surface area contributed by atoms with Gasteiger partial charge in [-0.15, -0.1) is 0 Å². The number of hydrogen-bond acceptors (Lipinski definition) is 4. The van der Waals surface area contributed by atoms with E-state index in [4.69, 9.17) is 4.74 Å². The lowest BCUT2D eigenvalue weighted by Gasteiger charge is -2.16. The van der Waals surface area contributed by atoms with Crippen LogP contribution >= 0.6 is 0 Å². The standard InChI is InChI=1S/C21H23N3O3/c1-21(2,3)18(25)13-27-15-9-10-16-17(12-15)23-24-20(16)22-19(26)11-14-7-5-4-6-8-14/h4-10,12H,11,13H2,1-3H3,(H2,22,23,24,26). The van der Waals surface area contributed by atoms with Crippen LogP contribution in [0.25, 0.3) is 10.9 Å². The van der Waals surface area contributed by atoms with E-state index in [1.165, 1.54) is 0 Å². The number of H-pyrrole nitrogens is 1. The van der Waals surface area contributed by atoms with E-state index in [1.807, 2.05) is 57.2 Å². The van der Waals surface area contributed by atoms with Gasteiger partial charge in [-0.1, -0.05) is 51.1 Å². The zero-order chi connectivity index (χ0) is 19.4. The Kier molecular flexibility index (Phi) is 5.26. The van der Waals surface area contributed by atoms with Crippen LogP contribution in [-0.4, -0.2) is 28.5 Å². The van der Waals surface area contributed by atoms with Gasteiger partial charge in [-0.25, -0.2) is 0 Å². The molecule has 140 valence electrons. The first-order valence-corrected chi connectivity index (χ1v) is 8.81. The Morgan fingerprint density at radius 1 is 1.11 bits per heavy atom. The van der Waals surface area contributed by atoms with E-state index in [1.54, 1.807) is 12.1 Å². The van der Waals surface area contributed by atoms with E-state index >= 15 is 0 Å². The number of nitrogens with one attached hydrogen (secondary N) is 2. The predicted octanol–water partition coefficient (Wildman–Crippen LogP) is 3.74. The summed E-state index contributed by atoms with van der Waals surface area (Å²) in [4.78, 5) is 24.2. The van der Waals surface area contributed by atoms with Gasteiger partial charge in [0.15, 0.2) is 11.6 Å². The van der Waals surface area contributed by atoms with Gasteiger partial charge in [0, 0.05) is 16.9 Å². The number of aromatic amines is 1. The van der Waals surface area contributed by atoms with Gasteiger partial charge in [-0.2, -0.15) is 5.10 Å². The highest BCUT2D eigenvalue weighted by Crippen LogP contribution is 2.25. The Balaban J connectivity index is 1.66. The SMILES string of the molecule is CC(C)(C)C(=O)COc1ccc2c(NC(=O)Cc3ccccc3)n[nH]c2c1. The summed E-state index contributed by atoms with van der Waals surface area (Å²) in [5.74, 6) is 0.945. The lowest BCUT2D eigenvalue weighted by atomic mass is 9.91. The molecule has 0 fully saturated rings. The highest BCUT2D eigenvalue weighted by atomic mass is 16.5. The number of amides is 1. The molecule has 0 atom stereocenters. The summed E-state index contributed by atoms with van der Waals surface area (Å²) in [5, 5.41) is 10.7. The molecule has 0 saturated heterocycles. The molecule has 0 saturated carbocycles. The Hall–Kier alpha value is -3.15. The van der Waals surface area contributed by atoms with Crippen molar-refractivity contribution in [3.63, 3.8) is 0 Å². The number of benzene rings is 2. The maximum atomic E-state index is 12.2. The Morgan fingerprint density at radius 2 is 1.85 bits per heavy atom. The molecule has 0 aliphatic heterocycles. The number of ketones is 1. The summed E-state index contributed by atoms with van der Waals surface area (Å²) >= 11 is 0. The maximum Gasteiger partial charge on any atom is 0.230 e. The molecule has 0 unspecified atom stereocenters. The minimum absolute atomic E-state index is 0.0177. The molecule has 0 spiro atoms. The maximum absolute atomic E-state index is 12.2. The molecule has 3 rings (SSSR count). The van der Waals surface area contributed by atoms with Crippen molar-refractivity contribution in [2.75, 3.05) is 11.9 Å². The van der Waals surface area contributed by atoms with E-state index in [0.717, 1.165) is 16.5 Å². The van der Waals surface area contributed by atoms with Crippen LogP contribution < -0.4 is 10.1 Å². The van der Waals surface area contributed by atoms with E-state index in [0.29, 0.717) is 11.6 Å². The molecular weight excluding hydrogens is 342 g/mol. The lowest BCUT2D eigenvalue weighted by molar-refractivity contribution is -0.128. The molecule has 6 nitrogen and oxygen atoms in total. The zero-order valence-electron chi connectivity index (χ0n) is 15.7. The first-order chi connectivity index (χ1) is 12.8. The number of anilines is 1. The number of fused-ring (bicyclic) bond motifs is 1. The third-order valence-corrected chi connectivity index (χ3v) is 4.21. The number of aromatic nitrogens is 2. The van der Waals surface area contributed by atoms with Crippen LogP contribution in [0.4, 0.5) is 5.82 Å². The van der Waals surface area contributed by atoms with Gasteiger partial charge in [0.2, 0.25) is 5.91 Å².